The molecule has 2 nitrogen and oxygen atoms in total. The molecule has 0 atom stereocenters. The molecular weight excluding hydrogens is 136 g/mol. The maximum absolute atomic E-state index is 5.87. The van der Waals surface area contributed by atoms with Crippen molar-refractivity contribution in [1.82, 2.24) is 4.90 Å². The molecule has 2 fully saturated rings. The highest BCUT2D eigenvalue weighted by Crippen LogP contribution is 2.30. The van der Waals surface area contributed by atoms with Gasteiger partial charge in [0.15, 0.2) is 0 Å². The fourth-order valence-electron chi connectivity index (χ4n) is 1.69. The Labute approximate surface area is 68.1 Å². The third-order valence-electron chi connectivity index (χ3n) is 2.49. The highest BCUT2D eigenvalue weighted by molar-refractivity contribution is 5.24. The standard InChI is InChI=1S/C9H16N2/c1-7-4-11(5-7)6-9(10)8-2-3-8/h7H,2-6,10H2,1H3. The predicted octanol–water partition coefficient (Wildman–Crippen LogP) is 0.945. The van der Waals surface area contributed by atoms with E-state index in [0.717, 1.165) is 18.2 Å². The van der Waals surface area contributed by atoms with Crippen LogP contribution in [0.2, 0.25) is 0 Å². The average molecular weight is 152 g/mol. The third kappa shape index (κ3) is 1.56. The lowest BCUT2D eigenvalue weighted by atomic mass is 10.0. The van der Waals surface area contributed by atoms with Crippen molar-refractivity contribution in [2.75, 3.05) is 19.6 Å². The summed E-state index contributed by atoms with van der Waals surface area (Å²) < 4.78 is 0. The first kappa shape index (κ1) is 7.17. The van der Waals surface area contributed by atoms with Gasteiger partial charge >= 0.3 is 0 Å². The lowest BCUT2D eigenvalue weighted by Crippen LogP contribution is -2.46. The van der Waals surface area contributed by atoms with Gasteiger partial charge < -0.3 is 5.73 Å². The molecule has 1 aliphatic heterocycles. The fourth-order valence-corrected chi connectivity index (χ4v) is 1.69. The second-order valence-corrected chi connectivity index (χ2v) is 3.93. The first-order valence-electron chi connectivity index (χ1n) is 4.44. The summed E-state index contributed by atoms with van der Waals surface area (Å²) in [5, 5.41) is 0. The van der Waals surface area contributed by atoms with E-state index in [2.05, 4.69) is 11.8 Å². The van der Waals surface area contributed by atoms with Crippen molar-refractivity contribution >= 4 is 0 Å². The molecule has 11 heavy (non-hydrogen) atoms. The Bertz CT molecular complexity index is 184. The van der Waals surface area contributed by atoms with Crippen LogP contribution in [0.4, 0.5) is 0 Å². The Balaban J connectivity index is 1.78. The quantitative estimate of drug-likeness (QED) is 0.638. The molecule has 0 amide bonds. The van der Waals surface area contributed by atoms with Crippen molar-refractivity contribution < 1.29 is 0 Å². The van der Waals surface area contributed by atoms with Crippen LogP contribution >= 0.6 is 0 Å². The van der Waals surface area contributed by atoms with Crippen molar-refractivity contribution in [3.63, 3.8) is 0 Å². The van der Waals surface area contributed by atoms with E-state index in [4.69, 9.17) is 5.73 Å². The van der Waals surface area contributed by atoms with E-state index in [1.54, 1.807) is 0 Å². The van der Waals surface area contributed by atoms with Gasteiger partial charge in [-0.25, -0.2) is 0 Å². The minimum atomic E-state index is 0.895. The molecule has 2 rings (SSSR count). The van der Waals surface area contributed by atoms with Crippen LogP contribution in [0.1, 0.15) is 19.8 Å². The second kappa shape index (κ2) is 2.52. The van der Waals surface area contributed by atoms with E-state index in [0.29, 0.717) is 0 Å². The minimum Gasteiger partial charge on any atom is -0.401 e. The molecule has 62 valence electrons. The Morgan fingerprint density at radius 3 is 2.64 bits per heavy atom. The van der Waals surface area contributed by atoms with Crippen LogP contribution in [0.5, 0.6) is 0 Å². The maximum Gasteiger partial charge on any atom is 0.0379 e. The smallest absolute Gasteiger partial charge is 0.0379 e. The minimum absolute atomic E-state index is 0.895. The summed E-state index contributed by atoms with van der Waals surface area (Å²) in [6, 6.07) is 0. The highest BCUT2D eigenvalue weighted by Gasteiger charge is 2.24. The molecule has 0 bridgehead atoms. The van der Waals surface area contributed by atoms with Crippen molar-refractivity contribution in [2.45, 2.75) is 19.8 Å². The first-order chi connectivity index (χ1) is 5.25. The summed E-state index contributed by atoms with van der Waals surface area (Å²) in [5.74, 6) is 0.895. The number of hydrogen-bond donors (Lipinski definition) is 1. The van der Waals surface area contributed by atoms with E-state index in [1.165, 1.54) is 31.5 Å². The van der Waals surface area contributed by atoms with Crippen molar-refractivity contribution in [3.05, 3.63) is 11.3 Å². The van der Waals surface area contributed by atoms with E-state index >= 15 is 0 Å². The second-order valence-electron chi connectivity index (χ2n) is 3.93. The molecule has 0 aromatic carbocycles. The van der Waals surface area contributed by atoms with E-state index in [1.807, 2.05) is 0 Å². The molecule has 0 spiro atoms. The molecule has 2 heteroatoms. The van der Waals surface area contributed by atoms with Crippen LogP contribution in [0.15, 0.2) is 11.3 Å². The van der Waals surface area contributed by atoms with Gasteiger partial charge in [-0.2, -0.15) is 0 Å². The SMILES string of the molecule is CC1CN(CC(N)=C2CC2)C1. The van der Waals surface area contributed by atoms with Crippen LogP contribution in [-0.2, 0) is 0 Å². The van der Waals surface area contributed by atoms with Gasteiger partial charge in [-0.05, 0) is 24.3 Å². The Kier molecular flexibility index (Phi) is 1.64. The van der Waals surface area contributed by atoms with Gasteiger partial charge in [-0.15, -0.1) is 0 Å². The fraction of sp³-hybridized carbons (Fsp3) is 0.778. The van der Waals surface area contributed by atoms with E-state index in [-0.39, 0.29) is 0 Å². The van der Waals surface area contributed by atoms with Gasteiger partial charge in [0.25, 0.3) is 0 Å². The molecule has 0 radical (unpaired) electrons. The third-order valence-corrected chi connectivity index (χ3v) is 2.49. The zero-order valence-electron chi connectivity index (χ0n) is 7.14. The average Bonchev–Trinajstić information content (AvgIpc) is 2.64. The number of allylic oxidation sites excluding steroid dienone is 1. The van der Waals surface area contributed by atoms with Gasteiger partial charge in [0.1, 0.15) is 0 Å². The first-order valence-corrected chi connectivity index (χ1v) is 4.44. The molecule has 2 aliphatic rings. The summed E-state index contributed by atoms with van der Waals surface area (Å²) in [7, 11) is 0. The van der Waals surface area contributed by atoms with Crippen molar-refractivity contribution in [3.8, 4) is 0 Å². The lowest BCUT2D eigenvalue weighted by molar-refractivity contribution is 0.125. The number of hydrogen-bond acceptors (Lipinski definition) is 2. The van der Waals surface area contributed by atoms with Gasteiger partial charge in [0.05, 0.1) is 0 Å². The van der Waals surface area contributed by atoms with Crippen LogP contribution in [0.25, 0.3) is 0 Å². The van der Waals surface area contributed by atoms with Crippen molar-refractivity contribution in [1.29, 1.82) is 0 Å². The van der Waals surface area contributed by atoms with Gasteiger partial charge in [-0.1, -0.05) is 6.92 Å². The van der Waals surface area contributed by atoms with Gasteiger partial charge in [-0.3, -0.25) is 4.90 Å². The van der Waals surface area contributed by atoms with Crippen molar-refractivity contribution in [2.24, 2.45) is 11.7 Å². The van der Waals surface area contributed by atoms with Crippen LogP contribution in [-0.4, -0.2) is 24.5 Å². The summed E-state index contributed by atoms with van der Waals surface area (Å²) in [6.07, 6.45) is 2.52. The predicted molar refractivity (Wildman–Crippen MR) is 46.1 cm³/mol. The maximum atomic E-state index is 5.87. The molecule has 0 unspecified atom stereocenters. The molecular formula is C9H16N2. The number of likely N-dealkylation sites (tertiary alicyclic amines) is 1. The molecule has 0 aromatic rings. The molecule has 1 aliphatic carbocycles. The Morgan fingerprint density at radius 2 is 2.18 bits per heavy atom. The molecule has 1 heterocycles. The topological polar surface area (TPSA) is 29.3 Å². The van der Waals surface area contributed by atoms with Gasteiger partial charge in [0, 0.05) is 25.3 Å². The number of nitrogens with zero attached hydrogens (tertiary/aromatic N) is 1. The van der Waals surface area contributed by atoms with Crippen LogP contribution in [0, 0.1) is 5.92 Å². The molecule has 0 aromatic heterocycles. The molecule has 1 saturated heterocycles. The monoisotopic (exact) mass is 152 g/mol. The molecule has 1 saturated carbocycles. The zero-order chi connectivity index (χ0) is 7.84. The summed E-state index contributed by atoms with van der Waals surface area (Å²) >= 11 is 0. The van der Waals surface area contributed by atoms with Crippen LogP contribution in [0.3, 0.4) is 0 Å². The van der Waals surface area contributed by atoms with E-state index in [9.17, 15) is 0 Å². The lowest BCUT2D eigenvalue weighted by Gasteiger charge is -2.37. The number of nitrogens with two attached hydrogens (primary N) is 1. The summed E-state index contributed by atoms with van der Waals surface area (Å²) in [6.45, 7) is 5.80. The Hall–Kier alpha value is -0.500. The van der Waals surface area contributed by atoms with Crippen LogP contribution < -0.4 is 5.73 Å². The summed E-state index contributed by atoms with van der Waals surface area (Å²) in [4.78, 5) is 2.42. The Morgan fingerprint density at radius 1 is 1.55 bits per heavy atom. The number of rotatable bonds is 2. The normalized spacial score (nSPS) is 25.0. The summed E-state index contributed by atoms with van der Waals surface area (Å²) in [5.41, 5.74) is 8.53. The molecule has 2 N–H and O–H groups in total. The largest absolute Gasteiger partial charge is 0.401 e. The van der Waals surface area contributed by atoms with E-state index < -0.39 is 0 Å². The van der Waals surface area contributed by atoms with Gasteiger partial charge in [0.2, 0.25) is 0 Å². The highest BCUT2D eigenvalue weighted by atomic mass is 15.2. The zero-order valence-corrected chi connectivity index (χ0v) is 7.14.